The zero-order valence-corrected chi connectivity index (χ0v) is 79.9. The molecule has 0 saturated heterocycles. The first-order chi connectivity index (χ1) is 49.0. The number of nitrogens with one attached hydrogen (secondary N) is 2. The van der Waals surface area contributed by atoms with Crippen molar-refractivity contribution in [3.05, 3.63) is 94.8 Å². The zero-order chi connectivity index (χ0) is 77.2. The molecule has 0 spiro atoms. The molecule has 4 aromatic rings. The van der Waals surface area contributed by atoms with E-state index in [0.717, 1.165) is 16.0 Å². The SMILES string of the molecule is C.Cc1nc(-c2ccc(C(C)(C)C)cc2)ncc1C(=O)C[C@@H](CCNC(=O)OC(C)(C)C)C(=O)N(C)[C@@H]1C(=O)C[C@@H](C)C(=O)N[C@H](C(=O)O)Cc2ccc(OC(=O)OC(C)(C)C)c(c2)-c2cc1ccc2OC(=O)OC(C)(C)C.S=S=S=S=S=S=S=S=S=S=S=S=S=S=S=S=S=S=S=S=S=S=S=S=S=S=S. The number of fused-ring (bicyclic) bond motifs is 5. The molecule has 4 atom stereocenters. The van der Waals surface area contributed by atoms with E-state index in [0.29, 0.717) is 17.1 Å². The van der Waals surface area contributed by atoms with Crippen molar-refractivity contribution in [3.8, 4) is 34.0 Å². The Morgan fingerprint density at radius 1 is 0.619 bits per heavy atom. The molecule has 3 amide bonds. The number of carbonyl (C=O) groups excluding carboxylic acids is 7. The lowest BCUT2D eigenvalue weighted by Crippen LogP contribution is -2.46. The maximum Gasteiger partial charge on any atom is 0.514 e. The first-order valence-corrected chi connectivity index (χ1v) is 64.4. The molecule has 46 heteroatoms. The molecule has 105 heavy (non-hydrogen) atoms. The highest BCUT2D eigenvalue weighted by molar-refractivity contribution is 8.79. The zero-order valence-electron chi connectivity index (χ0n) is 57.8. The van der Waals surface area contributed by atoms with Gasteiger partial charge in [0, 0.05) is 312 Å². The number of alkyl carbamates (subject to hydrolysis) is 1. The van der Waals surface area contributed by atoms with E-state index < -0.39 is 101 Å². The lowest BCUT2D eigenvalue weighted by Gasteiger charge is -2.32. The maximum atomic E-state index is 15.2. The molecule has 4 bridgehead atoms. The van der Waals surface area contributed by atoms with Crippen LogP contribution in [0, 0.1) is 18.8 Å². The van der Waals surface area contributed by atoms with Crippen LogP contribution in [0.4, 0.5) is 14.4 Å². The van der Waals surface area contributed by atoms with Gasteiger partial charge in [-0.1, -0.05) is 71.5 Å². The van der Waals surface area contributed by atoms with Gasteiger partial charge in [-0.2, -0.15) is 0 Å². The number of carboxylic acid groups (broad SMARTS) is 1. The number of nitrogens with zero attached hydrogens (tertiary/aromatic N) is 3. The van der Waals surface area contributed by atoms with Crippen LogP contribution in [0.5, 0.6) is 11.5 Å². The number of hydrogen-bond acceptors (Lipinski definition) is 17. The van der Waals surface area contributed by atoms with Gasteiger partial charge < -0.3 is 44.3 Å². The number of benzene rings is 3. The van der Waals surface area contributed by atoms with Gasteiger partial charge in [-0.3, -0.25) is 19.2 Å². The third-order valence-corrected chi connectivity index (χ3v) is 66.1. The molecule has 1 aliphatic heterocycles. The summed E-state index contributed by atoms with van der Waals surface area (Å²) in [6, 6.07) is 13.4. The Kier molecular flexibility index (Phi) is 46.7. The molecule has 0 fully saturated rings. The summed E-state index contributed by atoms with van der Waals surface area (Å²) in [5.41, 5.74) is -0.0308. The number of ether oxygens (including phenoxy) is 5. The van der Waals surface area contributed by atoms with Crippen LogP contribution in [-0.2, 0) is 290 Å². The van der Waals surface area contributed by atoms with Gasteiger partial charge in [0.1, 0.15) is 40.4 Å². The van der Waals surface area contributed by atoms with E-state index in [-0.39, 0.29) is 66.0 Å². The molecule has 0 aliphatic carbocycles. The lowest BCUT2D eigenvalue weighted by molar-refractivity contribution is -0.144. The smallest absolute Gasteiger partial charge is 0.480 e. The normalized spacial score (nSPS) is 14.1. The minimum Gasteiger partial charge on any atom is -0.480 e. The van der Waals surface area contributed by atoms with Crippen LogP contribution in [-0.4, -0.2) is 104 Å². The van der Waals surface area contributed by atoms with Crippen molar-refractivity contribution in [2.75, 3.05) is 13.6 Å². The van der Waals surface area contributed by atoms with E-state index in [4.69, 9.17) is 46.1 Å². The van der Waals surface area contributed by atoms with Gasteiger partial charge in [-0.05, 0) is 122 Å². The maximum absolute atomic E-state index is 15.2. The monoisotopic (exact) mass is 1940 g/mol. The summed E-state index contributed by atoms with van der Waals surface area (Å²) in [6.45, 7) is 24.1. The summed E-state index contributed by atoms with van der Waals surface area (Å²) in [4.78, 5) is 121. The van der Waals surface area contributed by atoms with E-state index >= 15 is 4.79 Å². The van der Waals surface area contributed by atoms with E-state index in [1.165, 1.54) is 74.3 Å². The second-order valence-electron chi connectivity index (χ2n) is 25.0. The third-order valence-electron chi connectivity index (χ3n) is 12.8. The Labute approximate surface area is 693 Å². The number of hydrogen-bond donors (Lipinski definition) is 3. The fourth-order valence-electron chi connectivity index (χ4n) is 8.61. The van der Waals surface area contributed by atoms with Crippen molar-refractivity contribution in [2.24, 2.45) is 11.8 Å². The van der Waals surface area contributed by atoms with Crippen LogP contribution >= 0.6 is 0 Å². The number of likely N-dealkylation sites (N-methyl/N-ethyl adjacent to an activating group) is 1. The number of Topliss-reactive ketones (excluding diaryl/α,β-unsaturated/α-hetero) is 2. The number of carboxylic acids is 1. The fourth-order valence-corrected chi connectivity index (χ4v) is 71.7. The number of aliphatic carboxylic acids is 1. The Balaban J connectivity index is 0.000000863. The summed E-state index contributed by atoms with van der Waals surface area (Å²) in [5, 5.41) is 15.5. The average molecular weight is 1950 g/mol. The predicted octanol–water partition coefficient (Wildman–Crippen LogP) is 10.6. The van der Waals surface area contributed by atoms with E-state index in [1.54, 1.807) is 194 Å². The number of amides is 3. The Morgan fingerprint density at radius 2 is 1.06 bits per heavy atom. The summed E-state index contributed by atoms with van der Waals surface area (Å²) >= 11 is 9.56. The van der Waals surface area contributed by atoms with Crippen molar-refractivity contribution >= 4 is 292 Å². The molecular formula is C59H77N5O14S27. The van der Waals surface area contributed by atoms with E-state index in [1.807, 2.05) is 104 Å². The number of rotatable bonds is 12. The molecular weight excluding hydrogens is 1870 g/mol. The van der Waals surface area contributed by atoms with E-state index in [9.17, 15) is 38.7 Å². The van der Waals surface area contributed by atoms with Crippen LogP contribution in [0.15, 0.2) is 66.9 Å². The van der Waals surface area contributed by atoms with Crippen molar-refractivity contribution in [1.29, 1.82) is 0 Å². The van der Waals surface area contributed by atoms with Crippen LogP contribution in [0.2, 0.25) is 0 Å². The largest absolute Gasteiger partial charge is 0.514 e. The molecule has 19 nitrogen and oxygen atoms in total. The van der Waals surface area contributed by atoms with Gasteiger partial charge in [0.05, 0.1) is 11.3 Å². The minimum atomic E-state index is -1.53. The van der Waals surface area contributed by atoms with Crippen molar-refractivity contribution in [1.82, 2.24) is 25.5 Å². The van der Waals surface area contributed by atoms with E-state index in [2.05, 4.69) is 41.4 Å². The predicted molar refractivity (Wildman–Crippen MR) is 491 cm³/mol. The number of carbonyl (C=O) groups is 8. The molecule has 1 aromatic heterocycles. The van der Waals surface area contributed by atoms with Gasteiger partial charge in [0.15, 0.2) is 17.4 Å². The third kappa shape index (κ3) is 39.0. The summed E-state index contributed by atoms with van der Waals surface area (Å²) in [7, 11) is 45.0. The summed E-state index contributed by atoms with van der Waals surface area (Å²) < 4.78 is 27.9. The van der Waals surface area contributed by atoms with Gasteiger partial charge in [-0.15, -0.1) is 0 Å². The Morgan fingerprint density at radius 3 is 1.48 bits per heavy atom. The van der Waals surface area contributed by atoms with Crippen molar-refractivity contribution < 1.29 is 67.1 Å². The molecule has 584 valence electrons. The number of ketones is 2. The highest BCUT2D eigenvalue weighted by Crippen LogP contribution is 2.42. The van der Waals surface area contributed by atoms with Crippen LogP contribution in [0.1, 0.15) is 155 Å². The first-order valence-electron chi connectivity index (χ1n) is 29.8. The topological polar surface area (TPSA) is 256 Å². The average Bonchev–Trinajstić information content (AvgIpc) is 0.779. The highest BCUT2D eigenvalue weighted by atomic mass is 33.5. The number of aromatic nitrogens is 2. The lowest BCUT2D eigenvalue weighted by atomic mass is 9.86. The van der Waals surface area contributed by atoms with Crippen LogP contribution in [0.3, 0.4) is 0 Å². The Bertz CT molecular complexity index is 5030. The minimum absolute atomic E-state index is 0. The standard InChI is InChI=1S/C58H73N5O14.CH4.S27/c1-32-26-44(65)47(63(15)50(67)37(24-25-59-52(70)75-56(6,7)8)30-43(64)41-31-60-48(61-33(41)2)35-17-20-38(21-18-35)55(3,4)5)36-19-23-46(74-54(72)77-58(12,13)14)40(29-36)39-27-34(28-42(51(68)69)62-49(32)66)16-22-45(39)73-53(71)76-57(9,10)11;;1-3-5-7-9-11-13-15-17-19-21-23-25-27-26-24-22-20-18-16-14-12-10-8-6-4-2/h16-23,27,29,31-32,37,42,47H,24-26,28,30H2,1-15H3,(H,59,70)(H,62,66)(H,68,69);1H4;/t32-,37-,42+,47+;;/m1../s1. The Hall–Kier alpha value is -1.76. The van der Waals surface area contributed by atoms with Crippen molar-refractivity contribution in [3.63, 3.8) is 0 Å². The van der Waals surface area contributed by atoms with Gasteiger partial charge in [0.25, 0.3) is 0 Å². The van der Waals surface area contributed by atoms with Crippen LogP contribution in [0.25, 0.3) is 22.5 Å². The molecule has 5 rings (SSSR count). The number of aryl methyl sites for hydroxylation is 1. The molecule has 2 heterocycles. The second kappa shape index (κ2) is 50.4. The first kappa shape index (κ1) is 97.4. The summed E-state index contributed by atoms with van der Waals surface area (Å²) in [5.74, 6) is -6.26. The van der Waals surface area contributed by atoms with Crippen molar-refractivity contribution in [2.45, 2.75) is 164 Å². The van der Waals surface area contributed by atoms with Crippen LogP contribution < -0.4 is 20.1 Å². The quantitative estimate of drug-likeness (QED) is 0.0516. The molecule has 0 unspecified atom stereocenters. The highest BCUT2D eigenvalue weighted by Gasteiger charge is 2.37. The van der Waals surface area contributed by atoms with Gasteiger partial charge in [0.2, 0.25) is 11.8 Å². The molecule has 0 radical (unpaired) electrons. The molecule has 1 aliphatic rings. The van der Waals surface area contributed by atoms with Gasteiger partial charge in [-0.25, -0.2) is 29.1 Å². The molecule has 0 saturated carbocycles. The van der Waals surface area contributed by atoms with Gasteiger partial charge >= 0.3 is 24.4 Å². The second-order valence-corrected chi connectivity index (χ2v) is 69.2. The fraction of sp³-hybridized carbons (Fsp3) is 0.492. The molecule has 3 N–H and O–H groups in total. The summed E-state index contributed by atoms with van der Waals surface area (Å²) in [6.07, 6.45) is -2.91. The molecule has 3 aromatic carbocycles.